The van der Waals surface area contributed by atoms with E-state index < -0.39 is 28.0 Å². The molecule has 0 unspecified atom stereocenters. The van der Waals surface area contributed by atoms with Gasteiger partial charge in [0.05, 0.1) is 37.3 Å². The van der Waals surface area contributed by atoms with Gasteiger partial charge in [-0.3, -0.25) is 4.90 Å². The van der Waals surface area contributed by atoms with Gasteiger partial charge in [-0.1, -0.05) is 0 Å². The molecular formula is C18H25FN4O5S2. The van der Waals surface area contributed by atoms with Crippen LogP contribution < -0.4 is 15.1 Å². The number of amides is 1. The van der Waals surface area contributed by atoms with E-state index in [4.69, 9.17) is 21.7 Å². The number of hydrogen-bond acceptors (Lipinski definition) is 7. The minimum atomic E-state index is -3.24. The summed E-state index contributed by atoms with van der Waals surface area (Å²) >= 11 is 4.89. The number of carbonyl (C=O) groups excluding carboxylic acids is 1. The molecule has 1 aromatic carbocycles. The number of ether oxygens (including phenoxy) is 2. The van der Waals surface area contributed by atoms with Crippen LogP contribution in [0.3, 0.4) is 0 Å². The van der Waals surface area contributed by atoms with Crippen molar-refractivity contribution in [3.8, 4) is 0 Å². The Hall–Kier alpha value is -2.18. The van der Waals surface area contributed by atoms with Gasteiger partial charge in [-0.2, -0.15) is 4.31 Å². The van der Waals surface area contributed by atoms with Gasteiger partial charge in [-0.15, -0.1) is 0 Å². The number of nitrogens with zero attached hydrogens (tertiary/aromatic N) is 3. The number of benzene rings is 1. The summed E-state index contributed by atoms with van der Waals surface area (Å²) in [5, 5.41) is 3.03. The van der Waals surface area contributed by atoms with Crippen molar-refractivity contribution in [1.82, 2.24) is 9.62 Å². The number of thiocarbonyl (C=S) groups is 1. The summed E-state index contributed by atoms with van der Waals surface area (Å²) in [6.07, 6.45) is -1.00. The predicted octanol–water partition coefficient (Wildman–Crippen LogP) is 1.14. The van der Waals surface area contributed by atoms with Crippen LogP contribution in [0.5, 0.6) is 0 Å². The van der Waals surface area contributed by atoms with Gasteiger partial charge in [-0.05, 0) is 37.3 Å². The van der Waals surface area contributed by atoms with Gasteiger partial charge < -0.3 is 19.7 Å². The number of halogens is 1. The van der Waals surface area contributed by atoms with E-state index in [0.29, 0.717) is 44.1 Å². The van der Waals surface area contributed by atoms with Gasteiger partial charge in [-0.25, -0.2) is 17.6 Å². The highest BCUT2D eigenvalue weighted by molar-refractivity contribution is 7.89. The van der Waals surface area contributed by atoms with Gasteiger partial charge >= 0.3 is 6.09 Å². The molecule has 2 aliphatic rings. The second-order valence-electron chi connectivity index (χ2n) is 6.91. The molecule has 1 amide bonds. The monoisotopic (exact) mass is 460 g/mol. The third kappa shape index (κ3) is 4.93. The molecule has 0 aliphatic carbocycles. The van der Waals surface area contributed by atoms with Crippen LogP contribution in [-0.2, 0) is 19.5 Å². The van der Waals surface area contributed by atoms with E-state index in [2.05, 4.69) is 5.32 Å². The number of methoxy groups -OCH3 is 1. The van der Waals surface area contributed by atoms with E-state index in [1.54, 1.807) is 19.1 Å². The quantitative estimate of drug-likeness (QED) is 0.632. The molecule has 1 atom stereocenters. The third-order valence-corrected chi connectivity index (χ3v) is 7.31. The molecule has 2 fully saturated rings. The Bertz CT molecular complexity index is 906. The first kappa shape index (κ1) is 22.5. The van der Waals surface area contributed by atoms with Crippen molar-refractivity contribution in [2.45, 2.75) is 13.0 Å². The fraction of sp³-hybridized carbons (Fsp3) is 0.556. The average Bonchev–Trinajstić information content (AvgIpc) is 3.12. The molecule has 166 valence electrons. The topological polar surface area (TPSA) is 91.4 Å². The maximum atomic E-state index is 14.8. The fourth-order valence-corrected chi connectivity index (χ4v) is 4.59. The molecule has 0 aromatic heterocycles. The van der Waals surface area contributed by atoms with Gasteiger partial charge in [0.1, 0.15) is 11.9 Å². The molecule has 2 saturated heterocycles. The zero-order valence-corrected chi connectivity index (χ0v) is 18.5. The lowest BCUT2D eigenvalue weighted by molar-refractivity contribution is 0.142. The normalized spacial score (nSPS) is 20.2. The van der Waals surface area contributed by atoms with Gasteiger partial charge in [0.15, 0.2) is 0 Å². The Morgan fingerprint density at radius 1 is 1.33 bits per heavy atom. The van der Waals surface area contributed by atoms with Crippen LogP contribution in [0.4, 0.5) is 20.6 Å². The van der Waals surface area contributed by atoms with E-state index in [1.165, 1.54) is 22.4 Å². The molecule has 0 bridgehead atoms. The Kier molecular flexibility index (Phi) is 6.98. The number of nitrogens with one attached hydrogen (secondary N) is 1. The van der Waals surface area contributed by atoms with E-state index in [1.807, 2.05) is 4.90 Å². The van der Waals surface area contributed by atoms with Crippen LogP contribution in [0.1, 0.15) is 6.92 Å². The first-order valence-corrected chi connectivity index (χ1v) is 11.6. The molecule has 1 N–H and O–H groups in total. The molecule has 9 nitrogen and oxygen atoms in total. The molecule has 2 aliphatic heterocycles. The van der Waals surface area contributed by atoms with Gasteiger partial charge in [0, 0.05) is 26.2 Å². The highest BCUT2D eigenvalue weighted by Crippen LogP contribution is 2.28. The smallest absolute Gasteiger partial charge is 0.414 e. The van der Waals surface area contributed by atoms with Crippen molar-refractivity contribution in [3.05, 3.63) is 24.0 Å². The first-order valence-electron chi connectivity index (χ1n) is 9.57. The minimum Gasteiger partial charge on any atom is -0.474 e. The van der Waals surface area contributed by atoms with Crippen molar-refractivity contribution >= 4 is 44.9 Å². The van der Waals surface area contributed by atoms with Crippen LogP contribution in [0.25, 0.3) is 0 Å². The summed E-state index contributed by atoms with van der Waals surface area (Å²) in [6.45, 7) is 3.57. The molecule has 0 radical (unpaired) electrons. The van der Waals surface area contributed by atoms with Crippen molar-refractivity contribution in [3.63, 3.8) is 0 Å². The van der Waals surface area contributed by atoms with Crippen molar-refractivity contribution < 1.29 is 27.1 Å². The summed E-state index contributed by atoms with van der Waals surface area (Å²) < 4.78 is 50.3. The number of piperazine rings is 1. The summed E-state index contributed by atoms with van der Waals surface area (Å²) in [6, 6.07) is 4.55. The number of rotatable bonds is 6. The molecular weight excluding hydrogens is 435 g/mol. The Labute approximate surface area is 180 Å². The molecule has 3 rings (SSSR count). The van der Waals surface area contributed by atoms with Gasteiger partial charge in [0.2, 0.25) is 10.0 Å². The molecule has 2 heterocycles. The van der Waals surface area contributed by atoms with Gasteiger partial charge in [0.25, 0.3) is 5.17 Å². The lowest BCUT2D eigenvalue weighted by Gasteiger charge is -2.35. The highest BCUT2D eigenvalue weighted by Gasteiger charge is 2.33. The van der Waals surface area contributed by atoms with E-state index in [-0.39, 0.29) is 17.5 Å². The number of hydrogen-bond donors (Lipinski definition) is 1. The third-order valence-electron chi connectivity index (χ3n) is 5.11. The zero-order valence-electron chi connectivity index (χ0n) is 16.8. The Morgan fingerprint density at radius 2 is 2.03 bits per heavy atom. The molecule has 0 saturated carbocycles. The second-order valence-corrected chi connectivity index (χ2v) is 9.54. The molecule has 0 spiro atoms. The molecule has 1 aromatic rings. The van der Waals surface area contributed by atoms with Crippen LogP contribution in [-0.4, -0.2) is 82.2 Å². The zero-order chi connectivity index (χ0) is 21.9. The second kappa shape index (κ2) is 9.31. The standard InChI is InChI=1S/C18H25FN4O5S2/c1-3-30(25,26)22-8-6-21(7-9-22)16-5-4-13(10-15(16)19)23-12-14(28-18(23)24)11-20-17(29)27-2/h4-5,10,14H,3,6-9,11-12H2,1-2H3,(H,20,29)/t14-/m0/s1. The van der Waals surface area contributed by atoms with Crippen LogP contribution in [0.2, 0.25) is 0 Å². The van der Waals surface area contributed by atoms with Crippen molar-refractivity contribution in [2.24, 2.45) is 0 Å². The summed E-state index contributed by atoms with van der Waals surface area (Å²) in [7, 11) is -1.80. The molecule has 30 heavy (non-hydrogen) atoms. The van der Waals surface area contributed by atoms with E-state index in [0.717, 1.165) is 0 Å². The first-order chi connectivity index (χ1) is 14.2. The maximum Gasteiger partial charge on any atom is 0.414 e. The van der Waals surface area contributed by atoms with Crippen molar-refractivity contribution in [2.75, 3.05) is 61.9 Å². The lowest BCUT2D eigenvalue weighted by atomic mass is 10.2. The fourth-order valence-electron chi connectivity index (χ4n) is 3.42. The molecule has 12 heteroatoms. The minimum absolute atomic E-state index is 0.0514. The Balaban J connectivity index is 1.63. The summed E-state index contributed by atoms with van der Waals surface area (Å²) in [4.78, 5) is 15.3. The van der Waals surface area contributed by atoms with Crippen LogP contribution >= 0.6 is 12.2 Å². The predicted molar refractivity (Wildman–Crippen MR) is 115 cm³/mol. The number of sulfonamides is 1. The van der Waals surface area contributed by atoms with Crippen molar-refractivity contribution in [1.29, 1.82) is 0 Å². The highest BCUT2D eigenvalue weighted by atomic mass is 32.2. The number of carbonyl (C=O) groups is 1. The average molecular weight is 461 g/mol. The SMILES string of the molecule is CCS(=O)(=O)N1CCN(c2ccc(N3C[C@H](CNC(=S)OC)OC3=O)cc2F)CC1. The van der Waals surface area contributed by atoms with E-state index >= 15 is 0 Å². The van der Waals surface area contributed by atoms with Crippen LogP contribution in [0.15, 0.2) is 18.2 Å². The maximum absolute atomic E-state index is 14.8. The largest absolute Gasteiger partial charge is 0.474 e. The Morgan fingerprint density at radius 3 is 2.63 bits per heavy atom. The lowest BCUT2D eigenvalue weighted by Crippen LogP contribution is -2.49. The van der Waals surface area contributed by atoms with Crippen LogP contribution in [0, 0.1) is 5.82 Å². The van der Waals surface area contributed by atoms with E-state index in [9.17, 15) is 17.6 Å². The number of cyclic esters (lactones) is 1. The number of anilines is 2. The summed E-state index contributed by atoms with van der Waals surface area (Å²) in [5.41, 5.74) is 0.772. The summed E-state index contributed by atoms with van der Waals surface area (Å²) in [5.74, 6) is -0.426.